The molecule has 1 saturated heterocycles. The summed E-state index contributed by atoms with van der Waals surface area (Å²) in [5.41, 5.74) is 1.52. The summed E-state index contributed by atoms with van der Waals surface area (Å²) in [5.74, 6) is 0.582. The molecule has 1 amide bonds. The standard InChI is InChI=1S/C16H21N3O4S/c1-2-19(9-15(20)17-12-7-8-24(21,22)11-12)10-16-18-13-5-3-4-6-14(13)23-16/h3-6,12H,2,7-11H2,1H3,(H,17,20)/t12-/m0/s1. The Morgan fingerprint density at radius 3 is 2.88 bits per heavy atom. The van der Waals surface area contributed by atoms with Crippen LogP contribution in [0.15, 0.2) is 28.7 Å². The first-order valence-corrected chi connectivity index (χ1v) is 9.84. The monoisotopic (exact) mass is 351 g/mol. The average Bonchev–Trinajstić information content (AvgIpc) is 3.08. The summed E-state index contributed by atoms with van der Waals surface area (Å²) in [6.07, 6.45) is 0.491. The topological polar surface area (TPSA) is 92.5 Å². The van der Waals surface area contributed by atoms with E-state index in [2.05, 4.69) is 10.3 Å². The number of nitrogens with one attached hydrogen (secondary N) is 1. The maximum atomic E-state index is 12.1. The van der Waals surface area contributed by atoms with Crippen LogP contribution in [-0.2, 0) is 21.2 Å². The van der Waals surface area contributed by atoms with E-state index in [1.54, 1.807) is 0 Å². The van der Waals surface area contributed by atoms with E-state index in [1.165, 1.54) is 0 Å². The third-order valence-corrected chi connectivity index (χ3v) is 5.88. The van der Waals surface area contributed by atoms with E-state index in [0.717, 1.165) is 11.1 Å². The number of amides is 1. The third-order valence-electron chi connectivity index (χ3n) is 4.11. The third kappa shape index (κ3) is 4.12. The molecule has 1 fully saturated rings. The minimum atomic E-state index is -2.99. The lowest BCUT2D eigenvalue weighted by molar-refractivity contribution is -0.122. The largest absolute Gasteiger partial charge is 0.439 e. The van der Waals surface area contributed by atoms with E-state index in [1.807, 2.05) is 36.1 Å². The molecule has 1 atom stereocenters. The first-order chi connectivity index (χ1) is 11.4. The molecule has 24 heavy (non-hydrogen) atoms. The summed E-state index contributed by atoms with van der Waals surface area (Å²) >= 11 is 0. The van der Waals surface area contributed by atoms with Crippen LogP contribution in [0, 0.1) is 0 Å². The smallest absolute Gasteiger partial charge is 0.234 e. The summed E-state index contributed by atoms with van der Waals surface area (Å²) in [7, 11) is -2.99. The van der Waals surface area contributed by atoms with Crippen LogP contribution in [0.5, 0.6) is 0 Å². The number of para-hydroxylation sites is 2. The quantitative estimate of drug-likeness (QED) is 0.833. The van der Waals surface area contributed by atoms with Gasteiger partial charge in [0.25, 0.3) is 0 Å². The molecule has 0 unspecified atom stereocenters. The summed E-state index contributed by atoms with van der Waals surface area (Å²) in [6.45, 7) is 3.23. The molecule has 0 aliphatic carbocycles. The normalized spacial score (nSPS) is 19.8. The number of hydrogen-bond donors (Lipinski definition) is 1. The minimum absolute atomic E-state index is 0.0377. The number of hydrogen-bond acceptors (Lipinski definition) is 6. The molecule has 3 rings (SSSR count). The van der Waals surface area contributed by atoms with Crippen LogP contribution in [0.2, 0.25) is 0 Å². The molecule has 130 valence electrons. The molecule has 0 spiro atoms. The molecule has 0 saturated carbocycles. The van der Waals surface area contributed by atoms with E-state index in [0.29, 0.717) is 25.4 Å². The van der Waals surface area contributed by atoms with Crippen LogP contribution in [0.1, 0.15) is 19.2 Å². The SMILES string of the molecule is CCN(CC(=O)N[C@H]1CCS(=O)(=O)C1)Cc1nc2ccccc2o1. The van der Waals surface area contributed by atoms with Crippen molar-refractivity contribution in [2.45, 2.75) is 25.9 Å². The highest BCUT2D eigenvalue weighted by molar-refractivity contribution is 7.91. The Morgan fingerprint density at radius 2 is 2.21 bits per heavy atom. The van der Waals surface area contributed by atoms with Crippen molar-refractivity contribution in [2.24, 2.45) is 0 Å². The summed E-state index contributed by atoms with van der Waals surface area (Å²) in [5, 5.41) is 2.80. The van der Waals surface area contributed by atoms with Gasteiger partial charge in [-0.25, -0.2) is 13.4 Å². The van der Waals surface area contributed by atoms with Gasteiger partial charge in [0, 0.05) is 6.04 Å². The predicted octanol–water partition coefficient (Wildman–Crippen LogP) is 0.953. The van der Waals surface area contributed by atoms with Gasteiger partial charge in [-0.15, -0.1) is 0 Å². The van der Waals surface area contributed by atoms with Crippen LogP contribution in [-0.4, -0.2) is 54.8 Å². The van der Waals surface area contributed by atoms with Crippen LogP contribution in [0.3, 0.4) is 0 Å². The molecular formula is C16H21N3O4S. The van der Waals surface area contributed by atoms with Crippen molar-refractivity contribution >= 4 is 26.8 Å². The zero-order valence-corrected chi connectivity index (χ0v) is 14.4. The zero-order valence-electron chi connectivity index (χ0n) is 13.6. The van der Waals surface area contributed by atoms with Gasteiger partial charge in [-0.1, -0.05) is 19.1 Å². The Morgan fingerprint density at radius 1 is 1.42 bits per heavy atom. The fourth-order valence-electron chi connectivity index (χ4n) is 2.84. The second kappa shape index (κ2) is 6.90. The van der Waals surface area contributed by atoms with E-state index < -0.39 is 9.84 Å². The first-order valence-electron chi connectivity index (χ1n) is 8.02. The Bertz CT molecular complexity index is 798. The Kier molecular flexibility index (Phi) is 4.86. The number of fused-ring (bicyclic) bond motifs is 1. The summed E-state index contributed by atoms with van der Waals surface area (Å²) < 4.78 is 28.6. The number of aromatic nitrogens is 1. The number of nitrogens with zero attached hydrogens (tertiary/aromatic N) is 2. The highest BCUT2D eigenvalue weighted by Crippen LogP contribution is 2.16. The zero-order chi connectivity index (χ0) is 17.2. The highest BCUT2D eigenvalue weighted by Gasteiger charge is 2.29. The number of rotatable bonds is 6. The Labute approximate surface area is 141 Å². The molecule has 8 heteroatoms. The van der Waals surface area contributed by atoms with Gasteiger partial charge in [-0.3, -0.25) is 9.69 Å². The lowest BCUT2D eigenvalue weighted by atomic mass is 10.2. The van der Waals surface area contributed by atoms with Crippen LogP contribution in [0.25, 0.3) is 11.1 Å². The minimum Gasteiger partial charge on any atom is -0.439 e. The van der Waals surface area contributed by atoms with Gasteiger partial charge in [0.15, 0.2) is 15.4 Å². The van der Waals surface area contributed by atoms with E-state index >= 15 is 0 Å². The molecule has 7 nitrogen and oxygen atoms in total. The lowest BCUT2D eigenvalue weighted by Crippen LogP contribution is -2.42. The molecule has 1 aliphatic rings. The molecule has 2 aromatic rings. The van der Waals surface area contributed by atoms with Gasteiger partial charge < -0.3 is 9.73 Å². The average molecular weight is 351 g/mol. The number of benzene rings is 1. The van der Waals surface area contributed by atoms with E-state index in [9.17, 15) is 13.2 Å². The molecule has 1 aliphatic heterocycles. The molecule has 1 N–H and O–H groups in total. The summed E-state index contributed by atoms with van der Waals surface area (Å²) in [6, 6.07) is 7.25. The first kappa shape index (κ1) is 16.9. The molecule has 0 bridgehead atoms. The summed E-state index contributed by atoms with van der Waals surface area (Å²) in [4.78, 5) is 18.5. The van der Waals surface area contributed by atoms with Crippen molar-refractivity contribution in [3.8, 4) is 0 Å². The van der Waals surface area contributed by atoms with E-state index in [4.69, 9.17) is 4.42 Å². The Hall–Kier alpha value is -1.93. The van der Waals surface area contributed by atoms with Crippen molar-refractivity contribution < 1.29 is 17.6 Å². The van der Waals surface area contributed by atoms with Gasteiger partial charge in [0.1, 0.15) is 5.52 Å². The second-order valence-electron chi connectivity index (χ2n) is 6.05. The maximum absolute atomic E-state index is 12.1. The fourth-order valence-corrected chi connectivity index (χ4v) is 4.52. The van der Waals surface area contributed by atoms with Gasteiger partial charge in [0.05, 0.1) is 24.6 Å². The van der Waals surface area contributed by atoms with Crippen LogP contribution >= 0.6 is 0 Å². The predicted molar refractivity (Wildman–Crippen MR) is 90.2 cm³/mol. The van der Waals surface area contributed by atoms with Crippen molar-refractivity contribution in [2.75, 3.05) is 24.6 Å². The van der Waals surface area contributed by atoms with Gasteiger partial charge in [-0.05, 0) is 25.1 Å². The molecule has 0 radical (unpaired) electrons. The molecule has 1 aromatic heterocycles. The fraction of sp³-hybridized carbons (Fsp3) is 0.500. The van der Waals surface area contributed by atoms with Crippen molar-refractivity contribution in [1.82, 2.24) is 15.2 Å². The number of sulfone groups is 1. The number of oxazole rings is 1. The van der Waals surface area contributed by atoms with E-state index in [-0.39, 0.29) is 30.0 Å². The Balaban J connectivity index is 1.57. The van der Waals surface area contributed by atoms with Crippen LogP contribution < -0.4 is 5.32 Å². The van der Waals surface area contributed by atoms with Gasteiger partial charge >= 0.3 is 0 Å². The van der Waals surface area contributed by atoms with Gasteiger partial charge in [-0.2, -0.15) is 0 Å². The highest BCUT2D eigenvalue weighted by atomic mass is 32.2. The number of carbonyl (C=O) groups is 1. The molecule has 2 heterocycles. The number of carbonyl (C=O) groups excluding carboxylic acids is 1. The molecular weight excluding hydrogens is 330 g/mol. The van der Waals surface area contributed by atoms with Crippen molar-refractivity contribution in [3.63, 3.8) is 0 Å². The number of likely N-dealkylation sites (N-methyl/N-ethyl adjacent to an activating group) is 1. The second-order valence-corrected chi connectivity index (χ2v) is 8.27. The maximum Gasteiger partial charge on any atom is 0.234 e. The van der Waals surface area contributed by atoms with Crippen LogP contribution in [0.4, 0.5) is 0 Å². The van der Waals surface area contributed by atoms with Crippen molar-refractivity contribution in [3.05, 3.63) is 30.2 Å². The van der Waals surface area contributed by atoms with Crippen molar-refractivity contribution in [1.29, 1.82) is 0 Å². The van der Waals surface area contributed by atoms with Gasteiger partial charge in [0.2, 0.25) is 11.8 Å². The lowest BCUT2D eigenvalue weighted by Gasteiger charge is -2.19. The molecule has 1 aromatic carbocycles.